The number of nitrogens with one attached hydrogen (secondary N) is 1. The van der Waals surface area contributed by atoms with Crippen molar-refractivity contribution in [3.63, 3.8) is 0 Å². The lowest BCUT2D eigenvalue weighted by Crippen LogP contribution is -2.34. The summed E-state index contributed by atoms with van der Waals surface area (Å²) in [5.41, 5.74) is 0. The van der Waals surface area contributed by atoms with Crippen LogP contribution in [0.5, 0.6) is 0 Å². The Bertz CT molecular complexity index is 477. The van der Waals surface area contributed by atoms with Gasteiger partial charge in [0.2, 0.25) is 0 Å². The topological polar surface area (TPSA) is 83.3 Å². The fraction of sp³-hybridized carbons (Fsp3) is 0.769. The lowest BCUT2D eigenvalue weighted by molar-refractivity contribution is 0.131. The van der Waals surface area contributed by atoms with Gasteiger partial charge in [-0.2, -0.15) is 5.10 Å². The maximum atomic E-state index is 11.4. The Kier molecular flexibility index (Phi) is 3.60. The average molecular weight is 279 g/mol. The van der Waals surface area contributed by atoms with E-state index in [2.05, 4.69) is 15.4 Å². The van der Waals surface area contributed by atoms with Gasteiger partial charge >= 0.3 is 6.09 Å². The zero-order chi connectivity index (χ0) is 14.1. The predicted octanol–water partition coefficient (Wildman–Crippen LogP) is 0.541. The van der Waals surface area contributed by atoms with Crippen molar-refractivity contribution in [3.05, 3.63) is 12.2 Å². The Morgan fingerprint density at radius 2 is 2.20 bits per heavy atom. The van der Waals surface area contributed by atoms with Crippen LogP contribution in [0.4, 0.5) is 4.79 Å². The summed E-state index contributed by atoms with van der Waals surface area (Å²) in [5.74, 6) is 2.65. The predicted molar refractivity (Wildman–Crippen MR) is 72.0 cm³/mol. The SMILES string of the molecule is Cn1ncnc1CN(CC1C[C@H]2CNC[C@H]2C1)C(=O)O. The third kappa shape index (κ3) is 2.63. The molecule has 1 unspecified atom stereocenters. The number of rotatable bonds is 4. The van der Waals surface area contributed by atoms with Crippen molar-refractivity contribution in [2.45, 2.75) is 19.4 Å². The molecular formula is C13H21N5O2. The van der Waals surface area contributed by atoms with Crippen molar-refractivity contribution in [3.8, 4) is 0 Å². The van der Waals surface area contributed by atoms with Crippen LogP contribution >= 0.6 is 0 Å². The van der Waals surface area contributed by atoms with E-state index in [9.17, 15) is 9.90 Å². The first kappa shape index (κ1) is 13.4. The standard InChI is InChI=1S/C13H21N5O2/c1-17-12(15-8-16-17)7-18(13(19)20)6-9-2-10-4-14-5-11(10)3-9/h8-11,14H,2-7H2,1H3,(H,19,20)/t9?,10-,11+. The molecule has 2 N–H and O–H groups in total. The second-order valence-corrected chi connectivity index (χ2v) is 5.98. The second-order valence-electron chi connectivity index (χ2n) is 5.98. The van der Waals surface area contributed by atoms with E-state index in [0.717, 1.165) is 37.8 Å². The van der Waals surface area contributed by atoms with Crippen molar-refractivity contribution in [2.24, 2.45) is 24.8 Å². The molecule has 110 valence electrons. The summed E-state index contributed by atoms with van der Waals surface area (Å²) in [6.45, 7) is 3.11. The van der Waals surface area contributed by atoms with Crippen LogP contribution in [0.3, 0.4) is 0 Å². The molecule has 20 heavy (non-hydrogen) atoms. The van der Waals surface area contributed by atoms with E-state index < -0.39 is 6.09 Å². The Labute approximate surface area is 118 Å². The number of aromatic nitrogens is 3. The van der Waals surface area contributed by atoms with E-state index in [1.54, 1.807) is 11.7 Å². The fourth-order valence-electron chi connectivity index (χ4n) is 3.60. The number of carboxylic acid groups (broad SMARTS) is 1. The molecular weight excluding hydrogens is 258 g/mol. The van der Waals surface area contributed by atoms with Gasteiger partial charge in [0, 0.05) is 13.6 Å². The van der Waals surface area contributed by atoms with Crippen LogP contribution in [-0.2, 0) is 13.6 Å². The Hall–Kier alpha value is -1.63. The normalized spacial score (nSPS) is 28.6. The van der Waals surface area contributed by atoms with Gasteiger partial charge in [0.1, 0.15) is 12.2 Å². The lowest BCUT2D eigenvalue weighted by atomic mass is 10.0. The molecule has 7 nitrogen and oxygen atoms in total. The van der Waals surface area contributed by atoms with Crippen molar-refractivity contribution < 1.29 is 9.90 Å². The van der Waals surface area contributed by atoms with E-state index in [1.807, 2.05) is 0 Å². The summed E-state index contributed by atoms with van der Waals surface area (Å²) < 4.78 is 1.63. The summed E-state index contributed by atoms with van der Waals surface area (Å²) in [7, 11) is 1.79. The highest BCUT2D eigenvalue weighted by atomic mass is 16.4. The summed E-state index contributed by atoms with van der Waals surface area (Å²) in [6, 6.07) is 0. The highest BCUT2D eigenvalue weighted by Gasteiger charge is 2.38. The highest BCUT2D eigenvalue weighted by Crippen LogP contribution is 2.38. The Balaban J connectivity index is 1.61. The van der Waals surface area contributed by atoms with Crippen molar-refractivity contribution >= 4 is 6.09 Å². The number of carbonyl (C=O) groups is 1. The fourth-order valence-corrected chi connectivity index (χ4v) is 3.60. The van der Waals surface area contributed by atoms with Crippen LogP contribution in [0.2, 0.25) is 0 Å². The smallest absolute Gasteiger partial charge is 0.407 e. The highest BCUT2D eigenvalue weighted by molar-refractivity contribution is 5.64. The van der Waals surface area contributed by atoms with Crippen LogP contribution in [-0.4, -0.2) is 50.5 Å². The molecule has 2 heterocycles. The van der Waals surface area contributed by atoms with Gasteiger partial charge in [-0.05, 0) is 43.7 Å². The first-order valence-electron chi connectivity index (χ1n) is 7.15. The molecule has 2 aliphatic rings. The van der Waals surface area contributed by atoms with E-state index in [-0.39, 0.29) is 0 Å². The van der Waals surface area contributed by atoms with Gasteiger partial charge in [-0.15, -0.1) is 0 Å². The quantitative estimate of drug-likeness (QED) is 0.840. The Morgan fingerprint density at radius 1 is 1.50 bits per heavy atom. The molecule has 1 saturated heterocycles. The third-order valence-electron chi connectivity index (χ3n) is 4.64. The zero-order valence-corrected chi connectivity index (χ0v) is 11.7. The molecule has 2 fully saturated rings. The molecule has 3 atom stereocenters. The summed E-state index contributed by atoms with van der Waals surface area (Å²) >= 11 is 0. The minimum absolute atomic E-state index is 0.315. The van der Waals surface area contributed by atoms with Crippen molar-refractivity contribution in [2.75, 3.05) is 19.6 Å². The van der Waals surface area contributed by atoms with Crippen molar-refractivity contribution in [1.82, 2.24) is 25.0 Å². The van der Waals surface area contributed by atoms with Crippen molar-refractivity contribution in [1.29, 1.82) is 0 Å². The molecule has 1 aliphatic heterocycles. The summed E-state index contributed by atoms with van der Waals surface area (Å²) in [6.07, 6.45) is 2.87. The molecule has 1 aromatic heterocycles. The molecule has 3 rings (SSSR count). The van der Waals surface area contributed by atoms with E-state index in [1.165, 1.54) is 11.2 Å². The van der Waals surface area contributed by atoms with Gasteiger partial charge in [-0.3, -0.25) is 4.68 Å². The number of aryl methyl sites for hydroxylation is 1. The molecule has 0 aromatic carbocycles. The Morgan fingerprint density at radius 3 is 2.75 bits per heavy atom. The van der Waals surface area contributed by atoms with Crippen LogP contribution in [0.25, 0.3) is 0 Å². The number of fused-ring (bicyclic) bond motifs is 1. The van der Waals surface area contributed by atoms with Gasteiger partial charge in [0.05, 0.1) is 6.54 Å². The van der Waals surface area contributed by atoms with Gasteiger partial charge in [0.25, 0.3) is 0 Å². The molecule has 7 heteroatoms. The van der Waals surface area contributed by atoms with Gasteiger partial charge in [-0.25, -0.2) is 9.78 Å². The van der Waals surface area contributed by atoms with Gasteiger partial charge in [0.15, 0.2) is 0 Å². The number of amides is 1. The van der Waals surface area contributed by atoms with E-state index in [0.29, 0.717) is 24.8 Å². The van der Waals surface area contributed by atoms with Gasteiger partial charge < -0.3 is 15.3 Å². The minimum atomic E-state index is -0.872. The van der Waals surface area contributed by atoms with E-state index in [4.69, 9.17) is 0 Å². The van der Waals surface area contributed by atoms with Crippen LogP contribution < -0.4 is 5.32 Å². The number of hydrogen-bond acceptors (Lipinski definition) is 4. The van der Waals surface area contributed by atoms with Crippen LogP contribution in [0.15, 0.2) is 6.33 Å². The molecule has 1 saturated carbocycles. The maximum absolute atomic E-state index is 11.4. The lowest BCUT2D eigenvalue weighted by Gasteiger charge is -2.22. The minimum Gasteiger partial charge on any atom is -0.465 e. The molecule has 1 aromatic rings. The second kappa shape index (κ2) is 5.40. The van der Waals surface area contributed by atoms with Crippen LogP contribution in [0, 0.1) is 17.8 Å². The molecule has 0 radical (unpaired) electrons. The number of nitrogens with zero attached hydrogens (tertiary/aromatic N) is 4. The molecule has 1 aliphatic carbocycles. The maximum Gasteiger partial charge on any atom is 0.407 e. The zero-order valence-electron chi connectivity index (χ0n) is 11.7. The summed E-state index contributed by atoms with van der Waals surface area (Å²) in [4.78, 5) is 17.0. The average Bonchev–Trinajstić information content (AvgIpc) is 3.05. The van der Waals surface area contributed by atoms with E-state index >= 15 is 0 Å². The molecule has 0 bridgehead atoms. The molecule has 1 amide bonds. The van der Waals surface area contributed by atoms with Crippen LogP contribution in [0.1, 0.15) is 18.7 Å². The third-order valence-corrected chi connectivity index (χ3v) is 4.64. The first-order valence-corrected chi connectivity index (χ1v) is 7.15. The number of hydrogen-bond donors (Lipinski definition) is 2. The monoisotopic (exact) mass is 279 g/mol. The summed E-state index contributed by atoms with van der Waals surface area (Å²) in [5, 5.41) is 16.8. The van der Waals surface area contributed by atoms with Gasteiger partial charge in [-0.1, -0.05) is 0 Å². The largest absolute Gasteiger partial charge is 0.465 e. The first-order chi connectivity index (χ1) is 9.63. The molecule has 0 spiro atoms.